The lowest BCUT2D eigenvalue weighted by Gasteiger charge is -1.99. The van der Waals surface area contributed by atoms with Gasteiger partial charge in [0.25, 0.3) is 0 Å². The highest BCUT2D eigenvalue weighted by Gasteiger charge is 2.18. The van der Waals surface area contributed by atoms with Crippen molar-refractivity contribution in [2.75, 3.05) is 0 Å². The summed E-state index contributed by atoms with van der Waals surface area (Å²) in [5, 5.41) is 0.782. The zero-order valence-electron chi connectivity index (χ0n) is 7.01. The molecule has 1 aromatic carbocycles. The highest BCUT2D eigenvalue weighted by Crippen LogP contribution is 2.35. The maximum Gasteiger partial charge on any atom is 0.203 e. The number of fused-ring (bicyclic) bond motifs is 1. The smallest absolute Gasteiger partial charge is 0.203 e. The molecule has 0 saturated carbocycles. The van der Waals surface area contributed by atoms with Crippen LogP contribution in [-0.4, -0.2) is 6.29 Å². The number of hydrogen-bond acceptors (Lipinski definition) is 1. The van der Waals surface area contributed by atoms with Crippen LogP contribution in [0.4, 0.5) is 0 Å². The van der Waals surface area contributed by atoms with Crippen LogP contribution in [0.3, 0.4) is 0 Å². The normalized spacial score (nSPS) is 14.5. The van der Waals surface area contributed by atoms with E-state index < -0.39 is 0 Å². The first-order valence-corrected chi connectivity index (χ1v) is 4.51. The Kier molecular flexibility index (Phi) is 2.19. The van der Waals surface area contributed by atoms with Crippen molar-refractivity contribution in [1.29, 1.82) is 0 Å². The van der Waals surface area contributed by atoms with E-state index in [1.807, 2.05) is 30.6 Å². The van der Waals surface area contributed by atoms with Gasteiger partial charge < -0.3 is 0 Å². The molecule has 1 nitrogen and oxygen atoms in total. The molecule has 1 aliphatic carbocycles. The van der Waals surface area contributed by atoms with Crippen molar-refractivity contribution in [1.82, 2.24) is 0 Å². The zero-order valence-corrected chi connectivity index (χ0v) is 7.77. The van der Waals surface area contributed by atoms with Gasteiger partial charge in [-0.25, -0.2) is 0 Å². The van der Waals surface area contributed by atoms with Gasteiger partial charge >= 0.3 is 0 Å². The Balaban J connectivity index is 2.46. The van der Waals surface area contributed by atoms with E-state index in [9.17, 15) is 4.79 Å². The number of hydrogen-bond donors (Lipinski definition) is 0. The average molecular weight is 192 g/mol. The summed E-state index contributed by atoms with van der Waals surface area (Å²) < 4.78 is 0. The lowest BCUT2D eigenvalue weighted by Crippen LogP contribution is -1.84. The molecule has 1 radical (unpaired) electrons. The molecular weight excluding hydrogens is 184 g/mol. The SMILES string of the molecule is O=[C]CC1=C(Cl)Cc2ccccc21. The second kappa shape index (κ2) is 3.35. The van der Waals surface area contributed by atoms with Gasteiger partial charge in [-0.3, -0.25) is 4.79 Å². The number of benzene rings is 1. The van der Waals surface area contributed by atoms with E-state index >= 15 is 0 Å². The third kappa shape index (κ3) is 1.40. The molecular formula is C11H8ClO. The molecule has 0 saturated heterocycles. The zero-order chi connectivity index (χ0) is 9.26. The van der Waals surface area contributed by atoms with Gasteiger partial charge in [0.15, 0.2) is 0 Å². The largest absolute Gasteiger partial charge is 0.291 e. The van der Waals surface area contributed by atoms with Gasteiger partial charge in [-0.05, 0) is 16.7 Å². The van der Waals surface area contributed by atoms with E-state index in [4.69, 9.17) is 11.6 Å². The molecule has 0 aromatic heterocycles. The van der Waals surface area contributed by atoms with Crippen LogP contribution in [0.25, 0.3) is 5.57 Å². The van der Waals surface area contributed by atoms with Gasteiger partial charge in [-0.1, -0.05) is 35.9 Å². The number of halogens is 1. The Morgan fingerprint density at radius 2 is 2.15 bits per heavy atom. The van der Waals surface area contributed by atoms with E-state index in [0.717, 1.165) is 22.6 Å². The molecule has 2 rings (SSSR count). The third-order valence-corrected chi connectivity index (χ3v) is 2.63. The van der Waals surface area contributed by atoms with E-state index in [1.54, 1.807) is 0 Å². The summed E-state index contributed by atoms with van der Waals surface area (Å²) in [7, 11) is 0. The van der Waals surface area contributed by atoms with Gasteiger partial charge in [0.05, 0.1) is 0 Å². The summed E-state index contributed by atoms with van der Waals surface area (Å²) in [6, 6.07) is 7.97. The predicted molar refractivity (Wildman–Crippen MR) is 53.2 cm³/mol. The van der Waals surface area contributed by atoms with Crippen LogP contribution in [0.5, 0.6) is 0 Å². The summed E-state index contributed by atoms with van der Waals surface area (Å²) in [5.74, 6) is 0. The molecule has 0 spiro atoms. The highest BCUT2D eigenvalue weighted by atomic mass is 35.5. The van der Waals surface area contributed by atoms with Crippen LogP contribution in [0.2, 0.25) is 0 Å². The second-order valence-electron chi connectivity index (χ2n) is 3.04. The number of allylic oxidation sites excluding steroid dienone is 2. The summed E-state index contributed by atoms with van der Waals surface area (Å²) >= 11 is 6.02. The summed E-state index contributed by atoms with van der Waals surface area (Å²) in [6.45, 7) is 0. The number of carbonyl (C=O) groups excluding carboxylic acids is 1. The van der Waals surface area contributed by atoms with Gasteiger partial charge in [-0.2, -0.15) is 0 Å². The monoisotopic (exact) mass is 191 g/mol. The van der Waals surface area contributed by atoms with Crippen molar-refractivity contribution >= 4 is 23.5 Å². The molecule has 1 aliphatic rings. The predicted octanol–water partition coefficient (Wildman–Crippen LogP) is 2.69. The molecule has 0 N–H and O–H groups in total. The molecule has 2 heteroatoms. The molecule has 0 aliphatic heterocycles. The lowest BCUT2D eigenvalue weighted by molar-refractivity contribution is 0.556. The molecule has 0 bridgehead atoms. The fourth-order valence-corrected chi connectivity index (χ4v) is 1.96. The van der Waals surface area contributed by atoms with Crippen molar-refractivity contribution in [2.24, 2.45) is 0 Å². The third-order valence-electron chi connectivity index (χ3n) is 2.26. The van der Waals surface area contributed by atoms with E-state index in [0.29, 0.717) is 6.42 Å². The van der Waals surface area contributed by atoms with Crippen LogP contribution in [0, 0.1) is 0 Å². The van der Waals surface area contributed by atoms with Crippen LogP contribution < -0.4 is 0 Å². The molecule has 1 aromatic rings. The van der Waals surface area contributed by atoms with Gasteiger partial charge in [0, 0.05) is 17.9 Å². The van der Waals surface area contributed by atoms with Crippen molar-refractivity contribution in [2.45, 2.75) is 12.8 Å². The van der Waals surface area contributed by atoms with Crippen molar-refractivity contribution in [3.05, 3.63) is 40.4 Å². The van der Waals surface area contributed by atoms with Gasteiger partial charge in [0.1, 0.15) is 0 Å². The maximum atomic E-state index is 10.3. The minimum atomic E-state index is 0.301. The van der Waals surface area contributed by atoms with Gasteiger partial charge in [-0.15, -0.1) is 0 Å². The van der Waals surface area contributed by atoms with Crippen LogP contribution in [0.1, 0.15) is 17.5 Å². The second-order valence-corrected chi connectivity index (χ2v) is 3.49. The summed E-state index contributed by atoms with van der Waals surface area (Å²) in [6.07, 6.45) is 2.95. The molecule has 0 fully saturated rings. The average Bonchev–Trinajstić information content (AvgIpc) is 2.44. The first-order valence-electron chi connectivity index (χ1n) is 4.13. The molecule has 65 valence electrons. The molecule has 0 amide bonds. The fraction of sp³-hybridized carbons (Fsp3) is 0.182. The van der Waals surface area contributed by atoms with Crippen molar-refractivity contribution < 1.29 is 4.79 Å². The van der Waals surface area contributed by atoms with E-state index in [2.05, 4.69) is 0 Å². The molecule has 13 heavy (non-hydrogen) atoms. The van der Waals surface area contributed by atoms with Crippen LogP contribution >= 0.6 is 11.6 Å². The first kappa shape index (κ1) is 8.52. The first-order chi connectivity index (χ1) is 6.33. The minimum Gasteiger partial charge on any atom is -0.291 e. The summed E-state index contributed by atoms with van der Waals surface area (Å²) in [4.78, 5) is 10.3. The Hall–Kier alpha value is -1.08. The highest BCUT2D eigenvalue weighted by molar-refractivity contribution is 6.34. The summed E-state index contributed by atoms with van der Waals surface area (Å²) in [5.41, 5.74) is 3.25. The minimum absolute atomic E-state index is 0.301. The Morgan fingerprint density at radius 3 is 2.92 bits per heavy atom. The van der Waals surface area contributed by atoms with Crippen molar-refractivity contribution in [3.63, 3.8) is 0 Å². The topological polar surface area (TPSA) is 17.1 Å². The molecule has 0 atom stereocenters. The number of rotatable bonds is 2. The van der Waals surface area contributed by atoms with Gasteiger partial charge in [0.2, 0.25) is 6.29 Å². The van der Waals surface area contributed by atoms with Crippen LogP contribution in [-0.2, 0) is 11.2 Å². The molecule has 0 unspecified atom stereocenters. The Morgan fingerprint density at radius 1 is 1.38 bits per heavy atom. The Bertz CT molecular complexity index is 379. The maximum absolute atomic E-state index is 10.3. The molecule has 0 heterocycles. The van der Waals surface area contributed by atoms with Crippen LogP contribution in [0.15, 0.2) is 29.3 Å². The quantitative estimate of drug-likeness (QED) is 0.703. The van der Waals surface area contributed by atoms with E-state index in [-0.39, 0.29) is 0 Å². The van der Waals surface area contributed by atoms with E-state index in [1.165, 1.54) is 5.56 Å². The fourth-order valence-electron chi connectivity index (χ4n) is 1.65. The standard InChI is InChI=1S/C11H8ClO/c12-11-7-8-3-1-2-4-9(8)10(11)5-6-13/h1-4H,5,7H2. The van der Waals surface area contributed by atoms with Crippen molar-refractivity contribution in [3.8, 4) is 0 Å². The lowest BCUT2D eigenvalue weighted by atomic mass is 10.0. The Labute approximate surface area is 82.0 Å².